The van der Waals surface area contributed by atoms with Crippen LogP contribution in [0.3, 0.4) is 0 Å². The molecule has 1 saturated heterocycles. The first-order valence-electron chi connectivity index (χ1n) is 13.0. The van der Waals surface area contributed by atoms with E-state index in [0.29, 0.717) is 40.8 Å². The van der Waals surface area contributed by atoms with Gasteiger partial charge in [-0.1, -0.05) is 12.1 Å². The Labute approximate surface area is 223 Å². The lowest BCUT2D eigenvalue weighted by atomic mass is 10.0. The number of likely N-dealkylation sites (tertiary alicyclic amines) is 1. The highest BCUT2D eigenvalue weighted by atomic mass is 19.1. The molecule has 0 aliphatic carbocycles. The molecular formula is C29H25FN8O. The molecule has 39 heavy (non-hydrogen) atoms. The van der Waals surface area contributed by atoms with Gasteiger partial charge >= 0.3 is 0 Å². The highest BCUT2D eigenvalue weighted by Crippen LogP contribution is 2.34. The number of hydrogen-bond donors (Lipinski definition) is 2. The van der Waals surface area contributed by atoms with E-state index in [0.717, 1.165) is 47.1 Å². The average Bonchev–Trinajstić information content (AvgIpc) is 3.72. The summed E-state index contributed by atoms with van der Waals surface area (Å²) in [5.41, 5.74) is 5.85. The minimum Gasteiger partial charge on any atom is -0.492 e. The summed E-state index contributed by atoms with van der Waals surface area (Å²) >= 11 is 0. The van der Waals surface area contributed by atoms with E-state index >= 15 is 0 Å². The van der Waals surface area contributed by atoms with E-state index in [-0.39, 0.29) is 5.82 Å². The van der Waals surface area contributed by atoms with E-state index in [2.05, 4.69) is 35.0 Å². The fourth-order valence-electron chi connectivity index (χ4n) is 5.15. The van der Waals surface area contributed by atoms with Crippen molar-refractivity contribution >= 4 is 21.9 Å². The summed E-state index contributed by atoms with van der Waals surface area (Å²) in [6.45, 7) is 3.57. The van der Waals surface area contributed by atoms with Gasteiger partial charge in [0, 0.05) is 36.0 Å². The molecule has 5 heterocycles. The van der Waals surface area contributed by atoms with Gasteiger partial charge in [-0.3, -0.25) is 25.0 Å². The predicted octanol–water partition coefficient (Wildman–Crippen LogP) is 5.24. The number of H-pyrrole nitrogens is 2. The van der Waals surface area contributed by atoms with Gasteiger partial charge in [0.25, 0.3) is 0 Å². The molecule has 2 aromatic carbocycles. The zero-order chi connectivity index (χ0) is 26.2. The van der Waals surface area contributed by atoms with Gasteiger partial charge in [-0.2, -0.15) is 5.10 Å². The van der Waals surface area contributed by atoms with Crippen molar-refractivity contribution in [3.63, 3.8) is 0 Å². The number of aromatic amines is 2. The summed E-state index contributed by atoms with van der Waals surface area (Å²) in [4.78, 5) is 23.6. The lowest BCUT2D eigenvalue weighted by Gasteiger charge is -2.15. The van der Waals surface area contributed by atoms with Crippen LogP contribution >= 0.6 is 0 Å². The molecule has 0 unspecified atom stereocenters. The second kappa shape index (κ2) is 9.88. The molecule has 4 aromatic heterocycles. The van der Waals surface area contributed by atoms with Crippen molar-refractivity contribution in [1.29, 1.82) is 0 Å². The first kappa shape index (κ1) is 23.4. The van der Waals surface area contributed by atoms with Crippen LogP contribution < -0.4 is 4.74 Å². The number of nitrogens with one attached hydrogen (secondary N) is 2. The number of imidazole rings is 1. The Morgan fingerprint density at radius 2 is 1.87 bits per heavy atom. The molecule has 0 amide bonds. The number of hydrogen-bond acceptors (Lipinski definition) is 7. The van der Waals surface area contributed by atoms with Crippen LogP contribution in [0.15, 0.2) is 67.3 Å². The van der Waals surface area contributed by atoms with Gasteiger partial charge in [-0.15, -0.1) is 0 Å². The van der Waals surface area contributed by atoms with Crippen LogP contribution in [0.1, 0.15) is 12.8 Å². The molecule has 0 radical (unpaired) electrons. The quantitative estimate of drug-likeness (QED) is 0.296. The summed E-state index contributed by atoms with van der Waals surface area (Å²) < 4.78 is 20.6. The normalized spacial score (nSPS) is 14.0. The predicted molar refractivity (Wildman–Crippen MR) is 147 cm³/mol. The fraction of sp³-hybridized carbons (Fsp3) is 0.207. The molecule has 0 saturated carbocycles. The minimum absolute atomic E-state index is 0.348. The molecule has 1 fully saturated rings. The maximum atomic E-state index is 14.7. The van der Waals surface area contributed by atoms with Crippen LogP contribution in [0.25, 0.3) is 56.0 Å². The lowest BCUT2D eigenvalue weighted by Crippen LogP contribution is -2.25. The van der Waals surface area contributed by atoms with E-state index in [1.807, 2.05) is 30.3 Å². The van der Waals surface area contributed by atoms with Crippen LogP contribution in [0.2, 0.25) is 0 Å². The number of fused-ring (bicyclic) bond motifs is 2. The van der Waals surface area contributed by atoms with E-state index in [9.17, 15) is 4.39 Å². The Bertz CT molecular complexity index is 1780. The maximum Gasteiger partial charge on any atom is 0.159 e. The SMILES string of the molecule is Fc1cc(OCCN2CCCC2)cc(-c2cccc3[nH]c(-c4n[nH]c5cnc(-c6cnccn6)cc45)nc23)c1. The average molecular weight is 521 g/mol. The molecule has 7 rings (SSSR count). The Balaban J connectivity index is 1.23. The van der Waals surface area contributed by atoms with Gasteiger partial charge in [-0.05, 0) is 55.8 Å². The zero-order valence-corrected chi connectivity index (χ0v) is 21.1. The number of rotatable bonds is 7. The first-order chi connectivity index (χ1) is 19.2. The monoisotopic (exact) mass is 520 g/mol. The number of benzene rings is 2. The smallest absolute Gasteiger partial charge is 0.159 e. The zero-order valence-electron chi connectivity index (χ0n) is 21.1. The van der Waals surface area contributed by atoms with Crippen molar-refractivity contribution in [3.8, 4) is 39.8 Å². The van der Waals surface area contributed by atoms with Crippen molar-refractivity contribution < 1.29 is 9.13 Å². The highest BCUT2D eigenvalue weighted by molar-refractivity contribution is 5.97. The third-order valence-corrected chi connectivity index (χ3v) is 7.07. The minimum atomic E-state index is -0.348. The molecule has 0 bridgehead atoms. The van der Waals surface area contributed by atoms with Crippen molar-refractivity contribution in [1.82, 2.24) is 40.0 Å². The molecule has 2 N–H and O–H groups in total. The fourth-order valence-corrected chi connectivity index (χ4v) is 5.15. The number of aromatic nitrogens is 7. The molecule has 0 atom stereocenters. The second-order valence-corrected chi connectivity index (χ2v) is 9.64. The molecule has 1 aliphatic rings. The number of ether oxygens (including phenoxy) is 1. The standard InChI is InChI=1S/C29H25FN8O/c30-19-12-18(13-20(14-19)39-11-10-38-8-1-2-9-38)21-4-3-5-23-27(21)35-29(34-23)28-22-15-24(26-16-31-6-7-32-26)33-17-25(22)36-37-28/h3-7,12-17H,1-2,8-11H2,(H,34,35)(H,36,37). The van der Waals surface area contributed by atoms with Gasteiger partial charge in [0.05, 0.1) is 34.6 Å². The van der Waals surface area contributed by atoms with Crippen LogP contribution in [-0.4, -0.2) is 66.3 Å². The van der Waals surface area contributed by atoms with Crippen molar-refractivity contribution in [2.45, 2.75) is 12.8 Å². The van der Waals surface area contributed by atoms with E-state index in [1.165, 1.54) is 25.0 Å². The summed E-state index contributed by atoms with van der Waals surface area (Å²) in [5.74, 6) is 0.761. The summed E-state index contributed by atoms with van der Waals surface area (Å²) in [6, 6.07) is 12.6. The largest absolute Gasteiger partial charge is 0.492 e. The molecule has 1 aliphatic heterocycles. The highest BCUT2D eigenvalue weighted by Gasteiger charge is 2.17. The third-order valence-electron chi connectivity index (χ3n) is 7.07. The lowest BCUT2D eigenvalue weighted by molar-refractivity contribution is 0.237. The number of pyridine rings is 1. The van der Waals surface area contributed by atoms with E-state index in [4.69, 9.17) is 9.72 Å². The van der Waals surface area contributed by atoms with Crippen LogP contribution in [0.5, 0.6) is 5.75 Å². The van der Waals surface area contributed by atoms with Crippen LogP contribution in [0.4, 0.5) is 4.39 Å². The first-order valence-corrected chi connectivity index (χ1v) is 13.0. The molecule has 0 spiro atoms. The Morgan fingerprint density at radius 3 is 2.74 bits per heavy atom. The van der Waals surface area contributed by atoms with Crippen molar-refractivity contribution in [2.75, 3.05) is 26.2 Å². The van der Waals surface area contributed by atoms with Crippen LogP contribution in [-0.2, 0) is 0 Å². The Hall–Kier alpha value is -4.70. The third kappa shape index (κ3) is 4.59. The van der Waals surface area contributed by atoms with Gasteiger partial charge < -0.3 is 9.72 Å². The van der Waals surface area contributed by atoms with E-state index in [1.54, 1.807) is 24.8 Å². The maximum absolute atomic E-state index is 14.7. The number of halogens is 1. The molecule has 6 aromatic rings. The Kier molecular flexibility index (Phi) is 5.93. The van der Waals surface area contributed by atoms with Gasteiger partial charge in [0.1, 0.15) is 29.6 Å². The number of para-hydroxylation sites is 1. The van der Waals surface area contributed by atoms with Gasteiger partial charge in [-0.25, -0.2) is 9.37 Å². The summed E-state index contributed by atoms with van der Waals surface area (Å²) in [6.07, 6.45) is 9.11. The van der Waals surface area contributed by atoms with Crippen LogP contribution in [0, 0.1) is 5.82 Å². The molecule has 194 valence electrons. The topological polar surface area (TPSA) is 108 Å². The number of nitrogens with zero attached hydrogens (tertiary/aromatic N) is 6. The Morgan fingerprint density at radius 1 is 0.949 bits per heavy atom. The molecular weight excluding hydrogens is 495 g/mol. The van der Waals surface area contributed by atoms with Crippen molar-refractivity contribution in [3.05, 3.63) is 73.1 Å². The second-order valence-electron chi connectivity index (χ2n) is 9.64. The molecule has 10 heteroatoms. The van der Waals surface area contributed by atoms with Gasteiger partial charge in [0.15, 0.2) is 5.82 Å². The van der Waals surface area contributed by atoms with Crippen molar-refractivity contribution in [2.24, 2.45) is 0 Å². The summed E-state index contributed by atoms with van der Waals surface area (Å²) in [7, 11) is 0. The van der Waals surface area contributed by atoms with Gasteiger partial charge in [0.2, 0.25) is 0 Å². The molecule has 9 nitrogen and oxygen atoms in total. The summed E-state index contributed by atoms with van der Waals surface area (Å²) in [5, 5.41) is 8.40. The van der Waals surface area contributed by atoms with E-state index < -0.39 is 0 Å².